The highest BCUT2D eigenvalue weighted by molar-refractivity contribution is 7.08. The summed E-state index contributed by atoms with van der Waals surface area (Å²) in [6.07, 6.45) is 0.715. The molecule has 0 spiro atoms. The molecule has 2 aromatic carbocycles. The van der Waals surface area contributed by atoms with Gasteiger partial charge in [0, 0.05) is 24.3 Å². The minimum Gasteiger partial charge on any atom is -0.496 e. The number of ether oxygens (including phenoxy) is 1. The Morgan fingerprint density at radius 2 is 2.00 bits per heavy atom. The van der Waals surface area contributed by atoms with Gasteiger partial charge in [0.25, 0.3) is 0 Å². The number of methoxy groups -OCH3 is 1. The number of nitrogens with zero attached hydrogens (tertiary/aromatic N) is 2. The van der Waals surface area contributed by atoms with Crippen molar-refractivity contribution in [2.75, 3.05) is 7.11 Å². The molecule has 0 aliphatic carbocycles. The molecule has 4 nitrogen and oxygen atoms in total. The summed E-state index contributed by atoms with van der Waals surface area (Å²) in [7, 11) is 1.68. The second-order valence-electron chi connectivity index (χ2n) is 6.04. The van der Waals surface area contributed by atoms with E-state index in [0.29, 0.717) is 6.42 Å². The fourth-order valence-corrected chi connectivity index (χ4v) is 4.07. The molecular formula is C20H18N2O2S. The van der Waals surface area contributed by atoms with E-state index in [2.05, 4.69) is 22.6 Å². The van der Waals surface area contributed by atoms with Crippen molar-refractivity contribution in [3.8, 4) is 5.75 Å². The van der Waals surface area contributed by atoms with Crippen LogP contribution in [0.3, 0.4) is 0 Å². The Bertz CT molecular complexity index is 963. The van der Waals surface area contributed by atoms with Gasteiger partial charge in [-0.1, -0.05) is 30.3 Å². The zero-order valence-corrected chi connectivity index (χ0v) is 14.9. The summed E-state index contributed by atoms with van der Waals surface area (Å²) in [5.74, 6) is 0.792. The van der Waals surface area contributed by atoms with Gasteiger partial charge in [-0.2, -0.15) is 16.4 Å². The van der Waals surface area contributed by atoms with Crippen molar-refractivity contribution in [3.63, 3.8) is 0 Å². The van der Waals surface area contributed by atoms with Crippen molar-refractivity contribution >= 4 is 33.7 Å². The number of amides is 1. The van der Waals surface area contributed by atoms with E-state index in [1.54, 1.807) is 30.4 Å². The van der Waals surface area contributed by atoms with Crippen LogP contribution in [-0.2, 0) is 4.79 Å². The van der Waals surface area contributed by atoms with Crippen LogP contribution in [-0.4, -0.2) is 23.7 Å². The molecular weight excluding hydrogens is 332 g/mol. The third-order valence-electron chi connectivity index (χ3n) is 4.58. The first-order valence-corrected chi connectivity index (χ1v) is 9.09. The minimum atomic E-state index is -0.0943. The Hall–Kier alpha value is -2.66. The van der Waals surface area contributed by atoms with Gasteiger partial charge in [-0.25, -0.2) is 5.01 Å². The molecule has 0 N–H and O–H groups in total. The molecule has 0 bridgehead atoms. The molecule has 0 saturated carbocycles. The van der Waals surface area contributed by atoms with E-state index >= 15 is 0 Å². The van der Waals surface area contributed by atoms with Crippen LogP contribution in [0.1, 0.15) is 30.5 Å². The van der Waals surface area contributed by atoms with Crippen LogP contribution in [0, 0.1) is 0 Å². The van der Waals surface area contributed by atoms with Crippen molar-refractivity contribution in [1.82, 2.24) is 5.01 Å². The number of carbonyl (C=O) groups excluding carboxylic acids is 1. The number of rotatable bonds is 3. The van der Waals surface area contributed by atoms with Crippen molar-refractivity contribution in [3.05, 3.63) is 64.4 Å². The summed E-state index contributed by atoms with van der Waals surface area (Å²) in [4.78, 5) is 12.2. The maximum atomic E-state index is 12.2. The van der Waals surface area contributed by atoms with E-state index in [1.165, 1.54) is 0 Å². The molecule has 0 radical (unpaired) electrons. The zero-order valence-electron chi connectivity index (χ0n) is 14.1. The largest absolute Gasteiger partial charge is 0.496 e. The van der Waals surface area contributed by atoms with Crippen LogP contribution in [0.15, 0.2) is 58.3 Å². The monoisotopic (exact) mass is 350 g/mol. The first-order valence-electron chi connectivity index (χ1n) is 8.14. The van der Waals surface area contributed by atoms with E-state index in [1.807, 2.05) is 35.7 Å². The third-order valence-corrected chi connectivity index (χ3v) is 5.27. The number of hydrazone groups is 1. The summed E-state index contributed by atoms with van der Waals surface area (Å²) in [5, 5.41) is 12.5. The molecule has 0 saturated heterocycles. The second-order valence-corrected chi connectivity index (χ2v) is 6.82. The average molecular weight is 350 g/mol. The molecule has 1 aliphatic rings. The van der Waals surface area contributed by atoms with Crippen LogP contribution in [0.4, 0.5) is 0 Å². The minimum absolute atomic E-state index is 0.0462. The van der Waals surface area contributed by atoms with Gasteiger partial charge in [-0.3, -0.25) is 4.79 Å². The lowest BCUT2D eigenvalue weighted by Crippen LogP contribution is -2.24. The highest BCUT2D eigenvalue weighted by atomic mass is 32.1. The van der Waals surface area contributed by atoms with Crippen LogP contribution in [0.5, 0.6) is 5.75 Å². The first-order chi connectivity index (χ1) is 12.2. The van der Waals surface area contributed by atoms with Gasteiger partial charge in [-0.15, -0.1) is 0 Å². The van der Waals surface area contributed by atoms with Gasteiger partial charge in [0.1, 0.15) is 5.75 Å². The van der Waals surface area contributed by atoms with Crippen LogP contribution < -0.4 is 4.74 Å². The number of hydrogen-bond acceptors (Lipinski definition) is 4. The van der Waals surface area contributed by atoms with Gasteiger partial charge in [-0.05, 0) is 33.8 Å². The Kier molecular flexibility index (Phi) is 4.01. The molecule has 126 valence electrons. The maximum absolute atomic E-state index is 12.2. The molecule has 3 aromatic rings. The fourth-order valence-electron chi connectivity index (χ4n) is 3.41. The molecule has 5 heteroatoms. The van der Waals surface area contributed by atoms with Crippen molar-refractivity contribution < 1.29 is 9.53 Å². The number of benzene rings is 2. The van der Waals surface area contributed by atoms with Gasteiger partial charge >= 0.3 is 0 Å². The summed E-state index contributed by atoms with van der Waals surface area (Å²) < 4.78 is 5.49. The van der Waals surface area contributed by atoms with Crippen LogP contribution in [0.2, 0.25) is 0 Å². The predicted molar refractivity (Wildman–Crippen MR) is 101 cm³/mol. The Morgan fingerprint density at radius 1 is 1.20 bits per heavy atom. The van der Waals surface area contributed by atoms with Gasteiger partial charge in [0.2, 0.25) is 5.91 Å². The lowest BCUT2D eigenvalue weighted by molar-refractivity contribution is -0.130. The Labute approximate surface area is 150 Å². The summed E-state index contributed by atoms with van der Waals surface area (Å²) in [6, 6.07) is 14.1. The molecule has 1 aromatic heterocycles. The number of hydrogen-bond donors (Lipinski definition) is 0. The van der Waals surface area contributed by atoms with E-state index in [9.17, 15) is 4.79 Å². The van der Waals surface area contributed by atoms with Crippen LogP contribution in [0.25, 0.3) is 10.8 Å². The molecule has 1 unspecified atom stereocenters. The lowest BCUT2D eigenvalue weighted by Gasteiger charge is -2.22. The molecule has 1 amide bonds. The quantitative estimate of drug-likeness (QED) is 0.692. The van der Waals surface area contributed by atoms with Crippen molar-refractivity contribution in [2.45, 2.75) is 19.4 Å². The van der Waals surface area contributed by atoms with Crippen molar-refractivity contribution in [1.29, 1.82) is 0 Å². The summed E-state index contributed by atoms with van der Waals surface area (Å²) >= 11 is 1.64. The zero-order chi connectivity index (χ0) is 17.4. The molecule has 4 rings (SSSR count). The van der Waals surface area contributed by atoms with Gasteiger partial charge in [0.05, 0.1) is 18.9 Å². The number of carbonyl (C=O) groups is 1. The molecule has 2 heterocycles. The third kappa shape index (κ3) is 2.70. The van der Waals surface area contributed by atoms with Gasteiger partial charge in [0.15, 0.2) is 0 Å². The fraction of sp³-hybridized carbons (Fsp3) is 0.200. The Balaban J connectivity index is 1.82. The topological polar surface area (TPSA) is 41.9 Å². The maximum Gasteiger partial charge on any atom is 0.240 e. The average Bonchev–Trinajstić information content (AvgIpc) is 3.30. The molecule has 0 fully saturated rings. The smallest absolute Gasteiger partial charge is 0.240 e. The van der Waals surface area contributed by atoms with E-state index in [-0.39, 0.29) is 11.9 Å². The SMILES string of the molecule is COc1ccc(C2CC(c3ccsc3)=NN2C(C)=O)c2ccccc12. The van der Waals surface area contributed by atoms with E-state index in [4.69, 9.17) is 4.74 Å². The highest BCUT2D eigenvalue weighted by Crippen LogP contribution is 2.39. The molecule has 1 aliphatic heterocycles. The van der Waals surface area contributed by atoms with E-state index in [0.717, 1.165) is 33.4 Å². The standard InChI is InChI=1S/C20H18N2O2S/c1-13(23)22-19(11-18(21-22)14-9-10-25-12-14)16-7-8-20(24-2)17-6-4-3-5-15(16)17/h3-10,12,19H,11H2,1-2H3. The second kappa shape index (κ2) is 6.33. The van der Waals surface area contributed by atoms with Crippen LogP contribution >= 0.6 is 11.3 Å². The van der Waals surface area contributed by atoms with E-state index < -0.39 is 0 Å². The summed E-state index contributed by atoms with van der Waals surface area (Å²) in [6.45, 7) is 1.57. The molecule has 25 heavy (non-hydrogen) atoms. The number of thiophene rings is 1. The summed E-state index contributed by atoms with van der Waals surface area (Å²) in [5.41, 5.74) is 3.15. The van der Waals surface area contributed by atoms with Crippen molar-refractivity contribution in [2.24, 2.45) is 5.10 Å². The molecule has 1 atom stereocenters. The van der Waals surface area contributed by atoms with Gasteiger partial charge < -0.3 is 4.74 Å². The first kappa shape index (κ1) is 15.8. The highest BCUT2D eigenvalue weighted by Gasteiger charge is 2.32. The Morgan fingerprint density at radius 3 is 2.68 bits per heavy atom. The predicted octanol–water partition coefficient (Wildman–Crippen LogP) is 4.61. The lowest BCUT2D eigenvalue weighted by atomic mass is 9.94. The number of fused-ring (bicyclic) bond motifs is 1. The normalized spacial score (nSPS) is 17.0.